The summed E-state index contributed by atoms with van der Waals surface area (Å²) >= 11 is 0. The number of rotatable bonds is 8. The van der Waals surface area contributed by atoms with Crippen molar-refractivity contribution in [2.45, 2.75) is 46.4 Å². The minimum Gasteiger partial charge on any atom is -0.490 e. The molecule has 2 amide bonds. The van der Waals surface area contributed by atoms with Crippen molar-refractivity contribution in [2.75, 3.05) is 6.61 Å². The van der Waals surface area contributed by atoms with Gasteiger partial charge in [0.1, 0.15) is 6.61 Å². The zero-order chi connectivity index (χ0) is 22.4. The van der Waals surface area contributed by atoms with E-state index in [1.807, 2.05) is 43.3 Å². The van der Waals surface area contributed by atoms with Crippen LogP contribution >= 0.6 is 0 Å². The second-order valence-electron chi connectivity index (χ2n) is 7.44. The third-order valence-corrected chi connectivity index (χ3v) is 4.67. The van der Waals surface area contributed by atoms with Gasteiger partial charge in [-0.05, 0) is 51.0 Å². The molecule has 2 aromatic rings. The number of ether oxygens (including phenoxy) is 3. The molecule has 0 aromatic heterocycles. The maximum Gasteiger partial charge on any atom is 0.338 e. The van der Waals surface area contributed by atoms with Gasteiger partial charge in [0.2, 0.25) is 0 Å². The molecule has 0 bridgehead atoms. The highest BCUT2D eigenvalue weighted by Crippen LogP contribution is 2.35. The fraction of sp³-hybridized carbons (Fsp3) is 0.333. The van der Waals surface area contributed by atoms with E-state index in [1.54, 1.807) is 32.9 Å². The van der Waals surface area contributed by atoms with Gasteiger partial charge in [-0.2, -0.15) is 0 Å². The van der Waals surface area contributed by atoms with Crippen LogP contribution in [0.5, 0.6) is 11.5 Å². The summed E-state index contributed by atoms with van der Waals surface area (Å²) < 4.78 is 17.1. The molecule has 1 atom stereocenters. The third kappa shape index (κ3) is 5.57. The quantitative estimate of drug-likeness (QED) is 0.619. The van der Waals surface area contributed by atoms with Gasteiger partial charge in [-0.15, -0.1) is 0 Å². The molecule has 2 N–H and O–H groups in total. The van der Waals surface area contributed by atoms with Crippen molar-refractivity contribution in [1.29, 1.82) is 0 Å². The first-order valence-electron chi connectivity index (χ1n) is 10.3. The summed E-state index contributed by atoms with van der Waals surface area (Å²) in [5.74, 6) is 0.645. The molecule has 0 spiro atoms. The summed E-state index contributed by atoms with van der Waals surface area (Å²) in [5, 5.41) is 5.45. The van der Waals surface area contributed by atoms with Crippen molar-refractivity contribution in [3.8, 4) is 11.5 Å². The Kier molecular flexibility index (Phi) is 7.18. The standard InChI is InChI=1S/C24H28N2O5/c1-5-29-20-13-18(11-12-19(20)30-14-17-9-7-6-8-10-17)22-21(23(27)31-15(2)3)16(4)25-24(28)26-22/h6-13,15,22H,5,14H2,1-4H3,(H2,25,26,28)/t22-/m0/s1. The van der Waals surface area contributed by atoms with Crippen LogP contribution in [0.2, 0.25) is 0 Å². The van der Waals surface area contributed by atoms with E-state index in [0.717, 1.165) is 5.56 Å². The number of hydrogen-bond acceptors (Lipinski definition) is 5. The van der Waals surface area contributed by atoms with E-state index >= 15 is 0 Å². The fourth-order valence-electron chi connectivity index (χ4n) is 3.32. The molecule has 7 heteroatoms. The monoisotopic (exact) mass is 424 g/mol. The topological polar surface area (TPSA) is 85.9 Å². The van der Waals surface area contributed by atoms with Crippen molar-refractivity contribution >= 4 is 12.0 Å². The molecule has 0 fully saturated rings. The Morgan fingerprint density at radius 3 is 2.48 bits per heavy atom. The van der Waals surface area contributed by atoms with Crippen LogP contribution in [0.25, 0.3) is 0 Å². The molecule has 3 rings (SSSR count). The SMILES string of the molecule is CCOc1cc([C@@H]2NC(=O)NC(C)=C2C(=O)OC(C)C)ccc1OCc1ccccc1. The number of urea groups is 1. The second kappa shape index (κ2) is 10.0. The van der Waals surface area contributed by atoms with E-state index in [1.165, 1.54) is 0 Å². The van der Waals surface area contributed by atoms with Crippen molar-refractivity contribution in [3.63, 3.8) is 0 Å². The average Bonchev–Trinajstić information content (AvgIpc) is 2.72. The Hall–Kier alpha value is -3.48. The Bertz CT molecular complexity index is 969. The van der Waals surface area contributed by atoms with Crippen LogP contribution in [0.15, 0.2) is 59.8 Å². The van der Waals surface area contributed by atoms with Crippen LogP contribution in [0.1, 0.15) is 44.9 Å². The van der Waals surface area contributed by atoms with Crippen molar-refractivity contribution in [2.24, 2.45) is 0 Å². The highest BCUT2D eigenvalue weighted by Gasteiger charge is 2.33. The van der Waals surface area contributed by atoms with Gasteiger partial charge in [0.15, 0.2) is 11.5 Å². The highest BCUT2D eigenvalue weighted by molar-refractivity contribution is 5.95. The summed E-state index contributed by atoms with van der Waals surface area (Å²) in [5.41, 5.74) is 2.55. The van der Waals surface area contributed by atoms with Crippen molar-refractivity contribution in [3.05, 3.63) is 70.9 Å². The highest BCUT2D eigenvalue weighted by atomic mass is 16.5. The van der Waals surface area contributed by atoms with E-state index in [-0.39, 0.29) is 12.1 Å². The number of allylic oxidation sites excluding steroid dienone is 1. The largest absolute Gasteiger partial charge is 0.490 e. The molecule has 1 heterocycles. The molecular weight excluding hydrogens is 396 g/mol. The van der Waals surface area contributed by atoms with Crippen LogP contribution in [-0.2, 0) is 16.1 Å². The van der Waals surface area contributed by atoms with Gasteiger partial charge < -0.3 is 24.8 Å². The summed E-state index contributed by atoms with van der Waals surface area (Å²) in [4.78, 5) is 24.8. The number of amides is 2. The Morgan fingerprint density at radius 2 is 1.81 bits per heavy atom. The first-order valence-corrected chi connectivity index (χ1v) is 10.3. The number of hydrogen-bond donors (Lipinski definition) is 2. The number of esters is 1. The minimum atomic E-state index is -0.664. The van der Waals surface area contributed by atoms with Gasteiger partial charge in [-0.3, -0.25) is 0 Å². The van der Waals surface area contributed by atoms with Crippen molar-refractivity contribution in [1.82, 2.24) is 10.6 Å². The molecule has 31 heavy (non-hydrogen) atoms. The normalized spacial score (nSPS) is 15.9. The van der Waals surface area contributed by atoms with Gasteiger partial charge in [0, 0.05) is 5.70 Å². The third-order valence-electron chi connectivity index (χ3n) is 4.67. The lowest BCUT2D eigenvalue weighted by Crippen LogP contribution is -2.45. The zero-order valence-corrected chi connectivity index (χ0v) is 18.2. The summed E-state index contributed by atoms with van der Waals surface area (Å²) in [6, 6.07) is 14.2. The molecule has 164 valence electrons. The van der Waals surface area contributed by atoms with Crippen LogP contribution in [0.4, 0.5) is 4.79 Å². The number of nitrogens with one attached hydrogen (secondary N) is 2. The summed E-state index contributed by atoms with van der Waals surface area (Å²) in [6.07, 6.45) is -0.279. The van der Waals surface area contributed by atoms with Crippen LogP contribution in [0.3, 0.4) is 0 Å². The zero-order valence-electron chi connectivity index (χ0n) is 18.2. The lowest BCUT2D eigenvalue weighted by molar-refractivity contribution is -0.143. The minimum absolute atomic E-state index is 0.279. The van der Waals surface area contributed by atoms with E-state index < -0.39 is 12.0 Å². The number of carbonyl (C=O) groups excluding carboxylic acids is 2. The Labute approximate surface area is 182 Å². The van der Waals surface area contributed by atoms with Crippen LogP contribution in [-0.4, -0.2) is 24.7 Å². The molecule has 7 nitrogen and oxygen atoms in total. The summed E-state index contributed by atoms with van der Waals surface area (Å²) in [7, 11) is 0. The first-order chi connectivity index (χ1) is 14.9. The molecular formula is C24H28N2O5. The van der Waals surface area contributed by atoms with E-state index in [9.17, 15) is 9.59 Å². The smallest absolute Gasteiger partial charge is 0.338 e. The number of carbonyl (C=O) groups is 2. The average molecular weight is 424 g/mol. The molecule has 2 aromatic carbocycles. The molecule has 0 aliphatic carbocycles. The first kappa shape index (κ1) is 22.2. The maximum absolute atomic E-state index is 12.7. The lowest BCUT2D eigenvalue weighted by Gasteiger charge is -2.29. The molecule has 1 aliphatic heterocycles. The molecule has 0 saturated heterocycles. The van der Waals surface area contributed by atoms with Gasteiger partial charge in [-0.25, -0.2) is 9.59 Å². The predicted molar refractivity (Wildman–Crippen MR) is 117 cm³/mol. The fourth-order valence-corrected chi connectivity index (χ4v) is 3.32. The molecule has 1 aliphatic rings. The second-order valence-corrected chi connectivity index (χ2v) is 7.44. The Morgan fingerprint density at radius 1 is 1.06 bits per heavy atom. The van der Waals surface area contributed by atoms with Gasteiger partial charge >= 0.3 is 12.0 Å². The van der Waals surface area contributed by atoms with Gasteiger partial charge in [-0.1, -0.05) is 36.4 Å². The predicted octanol–water partition coefficient (Wildman–Crippen LogP) is 4.24. The van der Waals surface area contributed by atoms with Crippen LogP contribution < -0.4 is 20.1 Å². The molecule has 0 saturated carbocycles. The Balaban J connectivity index is 1.91. The maximum atomic E-state index is 12.7. The van der Waals surface area contributed by atoms with E-state index in [4.69, 9.17) is 14.2 Å². The number of benzene rings is 2. The van der Waals surface area contributed by atoms with Gasteiger partial charge in [0.05, 0.1) is 24.3 Å². The van der Waals surface area contributed by atoms with Crippen molar-refractivity contribution < 1.29 is 23.8 Å². The van der Waals surface area contributed by atoms with E-state index in [2.05, 4.69) is 10.6 Å². The van der Waals surface area contributed by atoms with E-state index in [0.29, 0.717) is 41.5 Å². The summed E-state index contributed by atoms with van der Waals surface area (Å²) in [6.45, 7) is 7.97. The molecule has 0 radical (unpaired) electrons. The van der Waals surface area contributed by atoms with Gasteiger partial charge in [0.25, 0.3) is 0 Å². The lowest BCUT2D eigenvalue weighted by atomic mass is 9.95. The molecule has 0 unspecified atom stereocenters. The van der Waals surface area contributed by atoms with Crippen LogP contribution in [0, 0.1) is 0 Å².